The van der Waals surface area contributed by atoms with Crippen molar-refractivity contribution >= 4 is 10.0 Å². The summed E-state index contributed by atoms with van der Waals surface area (Å²) in [6, 6.07) is 5.56. The number of hydrogen-bond acceptors (Lipinski definition) is 4. The van der Waals surface area contributed by atoms with Crippen molar-refractivity contribution in [2.45, 2.75) is 32.2 Å². The van der Waals surface area contributed by atoms with E-state index >= 15 is 0 Å². The summed E-state index contributed by atoms with van der Waals surface area (Å²) in [6.07, 6.45) is 7.62. The molecule has 6 nitrogen and oxygen atoms in total. The molecule has 1 aliphatic rings. The summed E-state index contributed by atoms with van der Waals surface area (Å²) < 4.78 is 27.3. The maximum Gasteiger partial charge on any atom is 0.209 e. The van der Waals surface area contributed by atoms with Crippen LogP contribution < -0.4 is 4.72 Å². The topological polar surface area (TPSA) is 76.9 Å². The number of hydrogen-bond donors (Lipinski definition) is 1. The SMILES string of the molecule is Cc1nn(-c2ccccn2)c(C)c1C1C=CC(NS(C)(=O)=O)C1. The van der Waals surface area contributed by atoms with Crippen LogP contribution in [0.4, 0.5) is 0 Å². The van der Waals surface area contributed by atoms with Crippen LogP contribution in [0.25, 0.3) is 5.82 Å². The Hall–Kier alpha value is -1.99. The van der Waals surface area contributed by atoms with Crippen molar-refractivity contribution in [3.05, 3.63) is 53.5 Å². The molecule has 0 radical (unpaired) electrons. The van der Waals surface area contributed by atoms with E-state index < -0.39 is 10.0 Å². The summed E-state index contributed by atoms with van der Waals surface area (Å²) >= 11 is 0. The van der Waals surface area contributed by atoms with Crippen molar-refractivity contribution in [1.82, 2.24) is 19.5 Å². The first kappa shape index (κ1) is 15.9. The van der Waals surface area contributed by atoms with Crippen LogP contribution in [0.3, 0.4) is 0 Å². The molecule has 3 rings (SSSR count). The first-order valence-corrected chi connectivity index (χ1v) is 9.37. The zero-order valence-electron chi connectivity index (χ0n) is 13.4. The Labute approximate surface area is 136 Å². The quantitative estimate of drug-likeness (QED) is 0.867. The van der Waals surface area contributed by atoms with Crippen molar-refractivity contribution in [3.63, 3.8) is 0 Å². The molecular weight excluding hydrogens is 312 g/mol. The van der Waals surface area contributed by atoms with Crippen LogP contribution in [0.2, 0.25) is 0 Å². The van der Waals surface area contributed by atoms with Crippen molar-refractivity contribution in [1.29, 1.82) is 0 Å². The molecule has 2 heterocycles. The second-order valence-corrected chi connectivity index (χ2v) is 7.69. The molecular formula is C16H20N4O2S. The molecule has 0 spiro atoms. The predicted octanol–water partition coefficient (Wildman–Crippen LogP) is 1.85. The number of pyridine rings is 1. The number of aromatic nitrogens is 3. The lowest BCUT2D eigenvalue weighted by molar-refractivity contribution is 0.569. The Bertz CT molecular complexity index is 840. The van der Waals surface area contributed by atoms with Crippen molar-refractivity contribution in [3.8, 4) is 5.82 Å². The number of nitrogens with zero attached hydrogens (tertiary/aromatic N) is 3. The van der Waals surface area contributed by atoms with Crippen molar-refractivity contribution in [2.24, 2.45) is 0 Å². The maximum atomic E-state index is 11.4. The summed E-state index contributed by atoms with van der Waals surface area (Å²) in [5.41, 5.74) is 3.13. The van der Waals surface area contributed by atoms with Gasteiger partial charge >= 0.3 is 0 Å². The van der Waals surface area contributed by atoms with E-state index in [0.29, 0.717) is 6.42 Å². The molecule has 2 atom stereocenters. The van der Waals surface area contributed by atoms with Crippen LogP contribution in [0, 0.1) is 13.8 Å². The highest BCUT2D eigenvalue weighted by atomic mass is 32.2. The Kier molecular flexibility index (Phi) is 4.08. The molecule has 23 heavy (non-hydrogen) atoms. The number of rotatable bonds is 4. The molecule has 122 valence electrons. The second kappa shape index (κ2) is 5.90. The summed E-state index contributed by atoms with van der Waals surface area (Å²) in [4.78, 5) is 4.35. The predicted molar refractivity (Wildman–Crippen MR) is 89.1 cm³/mol. The third kappa shape index (κ3) is 3.35. The molecule has 7 heteroatoms. The molecule has 0 aliphatic heterocycles. The highest BCUT2D eigenvalue weighted by Gasteiger charge is 2.27. The number of allylic oxidation sites excluding steroid dienone is 1. The molecule has 0 aromatic carbocycles. The number of nitrogens with one attached hydrogen (secondary N) is 1. The van der Waals surface area contributed by atoms with Gasteiger partial charge in [-0.3, -0.25) is 0 Å². The minimum atomic E-state index is -3.20. The molecule has 1 N–H and O–H groups in total. The minimum Gasteiger partial charge on any atom is -0.237 e. The van der Waals surface area contributed by atoms with E-state index in [1.807, 2.05) is 42.8 Å². The van der Waals surface area contributed by atoms with Gasteiger partial charge in [0.1, 0.15) is 0 Å². The molecule has 1 aliphatic carbocycles. The van der Waals surface area contributed by atoms with E-state index in [2.05, 4.69) is 20.9 Å². The van der Waals surface area contributed by atoms with Gasteiger partial charge in [0, 0.05) is 29.4 Å². The Balaban J connectivity index is 1.88. The standard InChI is InChI=1S/C16H20N4O2S/c1-11-16(13-7-8-14(10-13)19-23(3,21)22)12(2)20(18-11)15-6-4-5-9-17-15/h4-9,13-14,19H,10H2,1-3H3. The molecule has 0 bridgehead atoms. The summed E-state index contributed by atoms with van der Waals surface area (Å²) in [5.74, 6) is 0.943. The fraction of sp³-hybridized carbons (Fsp3) is 0.375. The monoisotopic (exact) mass is 332 g/mol. The lowest BCUT2D eigenvalue weighted by Crippen LogP contribution is -2.31. The van der Waals surface area contributed by atoms with Gasteiger partial charge in [0.2, 0.25) is 10.0 Å². The van der Waals surface area contributed by atoms with E-state index in [4.69, 9.17) is 0 Å². The zero-order valence-corrected chi connectivity index (χ0v) is 14.2. The molecule has 0 amide bonds. The van der Waals surface area contributed by atoms with E-state index in [0.717, 1.165) is 22.8 Å². The molecule has 2 aromatic heterocycles. The third-order valence-electron chi connectivity index (χ3n) is 4.03. The third-order valence-corrected chi connectivity index (χ3v) is 4.76. The van der Waals surface area contributed by atoms with Gasteiger partial charge in [-0.15, -0.1) is 0 Å². The van der Waals surface area contributed by atoms with E-state index in [9.17, 15) is 8.42 Å². The average molecular weight is 332 g/mol. The summed E-state index contributed by atoms with van der Waals surface area (Å²) in [5, 5.41) is 4.61. The van der Waals surface area contributed by atoms with Crippen molar-refractivity contribution in [2.75, 3.05) is 6.26 Å². The summed E-state index contributed by atoms with van der Waals surface area (Å²) in [7, 11) is -3.20. The van der Waals surface area contributed by atoms with Gasteiger partial charge in [0.15, 0.2) is 5.82 Å². The fourth-order valence-corrected chi connectivity index (χ4v) is 3.89. The Morgan fingerprint density at radius 1 is 1.26 bits per heavy atom. The summed E-state index contributed by atoms with van der Waals surface area (Å²) in [6.45, 7) is 4.00. The first-order valence-electron chi connectivity index (χ1n) is 7.48. The van der Waals surface area contributed by atoms with Gasteiger partial charge < -0.3 is 0 Å². The Morgan fingerprint density at radius 3 is 2.70 bits per heavy atom. The van der Waals surface area contributed by atoms with Crippen LogP contribution in [-0.4, -0.2) is 35.5 Å². The molecule has 0 fully saturated rings. The van der Waals surface area contributed by atoms with E-state index in [1.54, 1.807) is 6.20 Å². The maximum absolute atomic E-state index is 11.4. The lowest BCUT2D eigenvalue weighted by atomic mass is 9.96. The van der Waals surface area contributed by atoms with Crippen LogP contribution >= 0.6 is 0 Å². The van der Waals surface area contributed by atoms with Crippen LogP contribution in [0.5, 0.6) is 0 Å². The normalized spacial score (nSPS) is 21.0. The molecule has 2 unspecified atom stereocenters. The molecule has 2 aromatic rings. The smallest absolute Gasteiger partial charge is 0.209 e. The highest BCUT2D eigenvalue weighted by Crippen LogP contribution is 2.33. The largest absolute Gasteiger partial charge is 0.237 e. The second-order valence-electron chi connectivity index (χ2n) is 5.91. The van der Waals surface area contributed by atoms with E-state index in [-0.39, 0.29) is 12.0 Å². The molecule has 0 saturated heterocycles. The average Bonchev–Trinajstić information content (AvgIpc) is 3.02. The van der Waals surface area contributed by atoms with Crippen molar-refractivity contribution < 1.29 is 8.42 Å². The van der Waals surface area contributed by atoms with Gasteiger partial charge in [-0.05, 0) is 32.4 Å². The van der Waals surface area contributed by atoms with E-state index in [1.165, 1.54) is 6.26 Å². The Morgan fingerprint density at radius 2 is 2.04 bits per heavy atom. The van der Waals surface area contributed by atoms with Crippen LogP contribution in [0.15, 0.2) is 36.5 Å². The number of sulfonamides is 1. The fourth-order valence-electron chi connectivity index (χ4n) is 3.17. The minimum absolute atomic E-state index is 0.159. The van der Waals surface area contributed by atoms with Gasteiger partial charge in [-0.25, -0.2) is 22.8 Å². The van der Waals surface area contributed by atoms with Gasteiger partial charge in [-0.2, -0.15) is 5.10 Å². The van der Waals surface area contributed by atoms with Gasteiger partial charge in [0.05, 0.1) is 11.9 Å². The highest BCUT2D eigenvalue weighted by molar-refractivity contribution is 7.88. The first-order chi connectivity index (χ1) is 10.8. The number of aryl methyl sites for hydroxylation is 1. The zero-order chi connectivity index (χ0) is 16.6. The van der Waals surface area contributed by atoms with Gasteiger partial charge in [0.25, 0.3) is 0 Å². The van der Waals surface area contributed by atoms with Crippen LogP contribution in [0.1, 0.15) is 29.3 Å². The van der Waals surface area contributed by atoms with Crippen LogP contribution in [-0.2, 0) is 10.0 Å². The lowest BCUT2D eigenvalue weighted by Gasteiger charge is -2.13. The molecule has 0 saturated carbocycles. The van der Waals surface area contributed by atoms with Gasteiger partial charge in [-0.1, -0.05) is 18.2 Å².